The molecule has 7 nitrogen and oxygen atoms in total. The fraction of sp³-hybridized carbons (Fsp3) is 0.684. The number of hydrogen-bond donors (Lipinski definition) is 0. The molecule has 1 spiro atoms. The van der Waals surface area contributed by atoms with E-state index in [0.717, 1.165) is 12.4 Å². The van der Waals surface area contributed by atoms with Gasteiger partial charge in [0.15, 0.2) is 0 Å². The Morgan fingerprint density at radius 1 is 1.17 bits per heavy atom. The topological polar surface area (TPSA) is 75.6 Å². The average Bonchev–Trinajstić information content (AvgIpc) is 2.88. The molecular formula is C19H25F3N4O3. The standard InChI is InChI=1S/C19H25F3N4O3/c1-17(2,3)29-16(28)25-6-4-18(5-7-25)8-14(27)26(12-18)11-13-9-23-15(24-10-13)19(20,21)22/h9-10H,4-8,11-12H2,1-3H3. The third-order valence-corrected chi connectivity index (χ3v) is 5.21. The summed E-state index contributed by atoms with van der Waals surface area (Å²) in [4.78, 5) is 34.7. The Hall–Kier alpha value is -2.39. The Morgan fingerprint density at radius 2 is 1.76 bits per heavy atom. The number of aromatic nitrogens is 2. The van der Waals surface area contributed by atoms with E-state index in [9.17, 15) is 22.8 Å². The predicted molar refractivity (Wildman–Crippen MR) is 96.5 cm³/mol. The molecule has 2 amide bonds. The molecule has 2 aliphatic heterocycles. The van der Waals surface area contributed by atoms with E-state index in [-0.39, 0.29) is 24.0 Å². The summed E-state index contributed by atoms with van der Waals surface area (Å²) >= 11 is 0. The number of nitrogens with zero attached hydrogens (tertiary/aromatic N) is 4. The highest BCUT2D eigenvalue weighted by Gasteiger charge is 2.46. The quantitative estimate of drug-likeness (QED) is 0.743. The molecule has 3 heterocycles. The Kier molecular flexibility index (Phi) is 5.48. The second-order valence-electron chi connectivity index (χ2n) is 8.81. The lowest BCUT2D eigenvalue weighted by atomic mass is 9.78. The van der Waals surface area contributed by atoms with Crippen molar-refractivity contribution in [3.63, 3.8) is 0 Å². The van der Waals surface area contributed by atoms with Crippen LogP contribution in [0.5, 0.6) is 0 Å². The monoisotopic (exact) mass is 414 g/mol. The lowest BCUT2D eigenvalue weighted by Gasteiger charge is -2.39. The average molecular weight is 414 g/mol. The number of rotatable bonds is 2. The molecule has 0 aliphatic carbocycles. The number of carbonyl (C=O) groups is 2. The molecule has 0 atom stereocenters. The number of halogens is 3. The summed E-state index contributed by atoms with van der Waals surface area (Å²) in [7, 11) is 0. The fourth-order valence-electron chi connectivity index (χ4n) is 3.75. The van der Waals surface area contributed by atoms with Gasteiger partial charge in [0.05, 0.1) is 0 Å². The number of carbonyl (C=O) groups excluding carboxylic acids is 2. The van der Waals surface area contributed by atoms with E-state index >= 15 is 0 Å². The van der Waals surface area contributed by atoms with Gasteiger partial charge in [0.1, 0.15) is 5.60 Å². The molecule has 3 rings (SSSR count). The minimum atomic E-state index is -4.59. The van der Waals surface area contributed by atoms with Crippen LogP contribution in [-0.4, -0.2) is 57.0 Å². The maximum Gasteiger partial charge on any atom is 0.451 e. The molecule has 2 aliphatic rings. The van der Waals surface area contributed by atoms with Crippen molar-refractivity contribution in [1.82, 2.24) is 19.8 Å². The molecule has 2 fully saturated rings. The fourth-order valence-corrected chi connectivity index (χ4v) is 3.75. The third kappa shape index (κ3) is 5.16. The molecule has 29 heavy (non-hydrogen) atoms. The van der Waals surface area contributed by atoms with Crippen LogP contribution in [0.15, 0.2) is 12.4 Å². The second-order valence-corrected chi connectivity index (χ2v) is 8.81. The zero-order valence-corrected chi connectivity index (χ0v) is 16.8. The van der Waals surface area contributed by atoms with Crippen molar-refractivity contribution in [2.45, 2.75) is 58.4 Å². The van der Waals surface area contributed by atoms with Gasteiger partial charge in [-0.3, -0.25) is 4.79 Å². The highest BCUT2D eigenvalue weighted by molar-refractivity contribution is 5.79. The molecule has 0 radical (unpaired) electrons. The summed E-state index contributed by atoms with van der Waals surface area (Å²) in [5.41, 5.74) is -0.326. The number of ether oxygens (including phenoxy) is 1. The van der Waals surface area contributed by atoms with E-state index in [0.29, 0.717) is 44.5 Å². The summed E-state index contributed by atoms with van der Waals surface area (Å²) < 4.78 is 43.1. The molecule has 10 heteroatoms. The van der Waals surface area contributed by atoms with E-state index in [1.807, 2.05) is 20.8 Å². The van der Waals surface area contributed by atoms with Crippen LogP contribution >= 0.6 is 0 Å². The molecule has 0 N–H and O–H groups in total. The third-order valence-electron chi connectivity index (χ3n) is 5.21. The highest BCUT2D eigenvalue weighted by Crippen LogP contribution is 2.41. The van der Waals surface area contributed by atoms with Crippen molar-refractivity contribution < 1.29 is 27.5 Å². The predicted octanol–water partition coefficient (Wildman–Crippen LogP) is 3.25. The molecule has 0 unspecified atom stereocenters. The lowest BCUT2D eigenvalue weighted by molar-refractivity contribution is -0.145. The molecule has 1 aromatic heterocycles. The number of hydrogen-bond acceptors (Lipinski definition) is 5. The zero-order valence-electron chi connectivity index (χ0n) is 16.8. The zero-order chi connectivity index (χ0) is 21.4. The van der Waals surface area contributed by atoms with Gasteiger partial charge in [-0.1, -0.05) is 0 Å². The normalized spacial score (nSPS) is 19.7. The minimum absolute atomic E-state index is 0.0457. The van der Waals surface area contributed by atoms with Gasteiger partial charge in [0, 0.05) is 56.0 Å². The van der Waals surface area contributed by atoms with Crippen LogP contribution in [0.4, 0.5) is 18.0 Å². The summed E-state index contributed by atoms with van der Waals surface area (Å²) in [5, 5.41) is 0. The Balaban J connectivity index is 1.57. The number of likely N-dealkylation sites (tertiary alicyclic amines) is 2. The smallest absolute Gasteiger partial charge is 0.444 e. The number of piperidine rings is 1. The van der Waals surface area contributed by atoms with Gasteiger partial charge in [0.25, 0.3) is 0 Å². The molecule has 2 saturated heterocycles. The van der Waals surface area contributed by atoms with Crippen molar-refractivity contribution in [1.29, 1.82) is 0 Å². The highest BCUT2D eigenvalue weighted by atomic mass is 19.4. The van der Waals surface area contributed by atoms with Gasteiger partial charge in [-0.25, -0.2) is 14.8 Å². The molecule has 1 aromatic rings. The molecule has 0 bridgehead atoms. The van der Waals surface area contributed by atoms with Gasteiger partial charge in [-0.2, -0.15) is 13.2 Å². The van der Waals surface area contributed by atoms with Gasteiger partial charge in [-0.15, -0.1) is 0 Å². The lowest BCUT2D eigenvalue weighted by Crippen LogP contribution is -2.46. The van der Waals surface area contributed by atoms with Gasteiger partial charge in [0.2, 0.25) is 11.7 Å². The van der Waals surface area contributed by atoms with Crippen LogP contribution in [0.2, 0.25) is 0 Å². The molecule has 0 aromatic carbocycles. The summed E-state index contributed by atoms with van der Waals surface area (Å²) in [6.45, 7) is 7.15. The van der Waals surface area contributed by atoms with Gasteiger partial charge in [-0.05, 0) is 33.6 Å². The Bertz CT molecular complexity index is 766. The van der Waals surface area contributed by atoms with E-state index in [1.54, 1.807) is 9.80 Å². The van der Waals surface area contributed by atoms with Gasteiger partial charge < -0.3 is 14.5 Å². The van der Waals surface area contributed by atoms with Crippen LogP contribution in [0.1, 0.15) is 51.4 Å². The van der Waals surface area contributed by atoms with Crippen molar-refractivity contribution in [3.05, 3.63) is 23.8 Å². The van der Waals surface area contributed by atoms with Crippen molar-refractivity contribution in [3.8, 4) is 0 Å². The minimum Gasteiger partial charge on any atom is -0.444 e. The van der Waals surface area contributed by atoms with Crippen LogP contribution in [-0.2, 0) is 22.3 Å². The van der Waals surface area contributed by atoms with E-state index in [1.165, 1.54) is 0 Å². The van der Waals surface area contributed by atoms with E-state index in [4.69, 9.17) is 4.74 Å². The first-order chi connectivity index (χ1) is 13.4. The van der Waals surface area contributed by atoms with Crippen LogP contribution in [0.3, 0.4) is 0 Å². The first-order valence-corrected chi connectivity index (χ1v) is 9.51. The largest absolute Gasteiger partial charge is 0.451 e. The maximum absolute atomic E-state index is 12.6. The first-order valence-electron chi connectivity index (χ1n) is 9.51. The van der Waals surface area contributed by atoms with Crippen LogP contribution < -0.4 is 0 Å². The SMILES string of the molecule is CC(C)(C)OC(=O)N1CCC2(CC1)CC(=O)N(Cc1cnc(C(F)(F)F)nc1)C2. The van der Waals surface area contributed by atoms with Crippen molar-refractivity contribution in [2.75, 3.05) is 19.6 Å². The first kappa shape index (κ1) is 21.3. The van der Waals surface area contributed by atoms with E-state index in [2.05, 4.69) is 9.97 Å². The van der Waals surface area contributed by atoms with E-state index < -0.39 is 17.6 Å². The number of alkyl halides is 3. The summed E-state index contributed by atoms with van der Waals surface area (Å²) in [6, 6.07) is 0. The van der Waals surface area contributed by atoms with Crippen LogP contribution in [0, 0.1) is 5.41 Å². The van der Waals surface area contributed by atoms with Gasteiger partial charge >= 0.3 is 12.3 Å². The second kappa shape index (κ2) is 7.46. The Morgan fingerprint density at radius 3 is 2.28 bits per heavy atom. The molecule has 160 valence electrons. The summed E-state index contributed by atoms with van der Waals surface area (Å²) in [6.07, 6.45) is -0.991. The molecular weight excluding hydrogens is 389 g/mol. The van der Waals surface area contributed by atoms with Crippen LogP contribution in [0.25, 0.3) is 0 Å². The Labute approximate surface area is 167 Å². The summed E-state index contributed by atoms with van der Waals surface area (Å²) in [5.74, 6) is -1.24. The van der Waals surface area contributed by atoms with Crippen molar-refractivity contribution >= 4 is 12.0 Å². The van der Waals surface area contributed by atoms with Crippen molar-refractivity contribution in [2.24, 2.45) is 5.41 Å². The molecule has 0 saturated carbocycles. The number of amides is 2. The maximum atomic E-state index is 12.6.